The quantitative estimate of drug-likeness (QED) is 0.621. The van der Waals surface area contributed by atoms with Gasteiger partial charge in [-0.25, -0.2) is 0 Å². The van der Waals surface area contributed by atoms with Gasteiger partial charge in [0, 0.05) is 42.4 Å². The van der Waals surface area contributed by atoms with E-state index in [4.69, 9.17) is 16.7 Å². The summed E-state index contributed by atoms with van der Waals surface area (Å²) in [6, 6.07) is 5.15. The van der Waals surface area contributed by atoms with Crippen LogP contribution in [0.1, 0.15) is 31.2 Å². The fraction of sp³-hybridized carbons (Fsp3) is 0.571. The van der Waals surface area contributed by atoms with Crippen molar-refractivity contribution in [1.29, 1.82) is 0 Å². The molecule has 0 atom stereocenters. The first-order chi connectivity index (χ1) is 9.61. The zero-order valence-corrected chi connectivity index (χ0v) is 12.1. The molecule has 0 bridgehead atoms. The lowest BCUT2D eigenvalue weighted by molar-refractivity contribution is -0.385. The van der Waals surface area contributed by atoms with Gasteiger partial charge in [0.05, 0.1) is 4.92 Å². The number of benzene rings is 1. The summed E-state index contributed by atoms with van der Waals surface area (Å²) in [5.41, 5.74) is 0.759. The van der Waals surface area contributed by atoms with Gasteiger partial charge in [0.25, 0.3) is 5.69 Å². The zero-order chi connectivity index (χ0) is 14.5. The summed E-state index contributed by atoms with van der Waals surface area (Å²) < 4.78 is 0. The molecule has 1 saturated carbocycles. The van der Waals surface area contributed by atoms with Gasteiger partial charge in [-0.15, -0.1) is 0 Å². The molecule has 0 unspecified atom stereocenters. The van der Waals surface area contributed by atoms with Crippen molar-refractivity contribution in [2.75, 3.05) is 13.2 Å². The van der Waals surface area contributed by atoms with Gasteiger partial charge >= 0.3 is 0 Å². The summed E-state index contributed by atoms with van der Waals surface area (Å²) in [6.07, 6.45) is 4.14. The maximum absolute atomic E-state index is 11.1. The number of rotatable bonds is 7. The molecule has 20 heavy (non-hydrogen) atoms. The Kier molecular flexibility index (Phi) is 5.34. The largest absolute Gasteiger partial charge is 0.396 e. The number of halogens is 1. The van der Waals surface area contributed by atoms with Crippen molar-refractivity contribution in [2.24, 2.45) is 0 Å². The van der Waals surface area contributed by atoms with Gasteiger partial charge in [0.15, 0.2) is 0 Å². The Labute approximate surface area is 123 Å². The molecule has 2 rings (SSSR count). The highest BCUT2D eigenvalue weighted by Gasteiger charge is 2.26. The van der Waals surface area contributed by atoms with Crippen LogP contribution in [0.15, 0.2) is 18.2 Å². The van der Waals surface area contributed by atoms with Gasteiger partial charge in [-0.2, -0.15) is 0 Å². The number of nitro groups is 1. The van der Waals surface area contributed by atoms with Gasteiger partial charge in [0.2, 0.25) is 0 Å². The van der Waals surface area contributed by atoms with Gasteiger partial charge in [0.1, 0.15) is 0 Å². The standard InChI is InChI=1S/C14H19ClN2O3/c15-12-5-6-14(17(19)20)11(9-12)10-16(7-2-8-18)13-3-1-4-13/h5-6,9,13,18H,1-4,7-8,10H2. The number of nitrogens with zero attached hydrogens (tertiary/aromatic N) is 2. The van der Waals surface area contributed by atoms with E-state index < -0.39 is 0 Å². The third-order valence-electron chi connectivity index (χ3n) is 3.81. The lowest BCUT2D eigenvalue weighted by Crippen LogP contribution is -2.40. The molecule has 1 aromatic rings. The Morgan fingerprint density at radius 2 is 2.20 bits per heavy atom. The molecular formula is C14H19ClN2O3. The van der Waals surface area contributed by atoms with E-state index in [0.717, 1.165) is 19.4 Å². The minimum Gasteiger partial charge on any atom is -0.396 e. The van der Waals surface area contributed by atoms with Gasteiger partial charge in [-0.05, 0) is 31.4 Å². The molecule has 0 amide bonds. The van der Waals surface area contributed by atoms with Crippen molar-refractivity contribution in [3.63, 3.8) is 0 Å². The Morgan fingerprint density at radius 3 is 2.75 bits per heavy atom. The second kappa shape index (κ2) is 7.02. The van der Waals surface area contributed by atoms with E-state index in [2.05, 4.69) is 4.90 Å². The molecular weight excluding hydrogens is 280 g/mol. The van der Waals surface area contributed by atoms with E-state index in [1.54, 1.807) is 12.1 Å². The van der Waals surface area contributed by atoms with E-state index in [-0.39, 0.29) is 17.2 Å². The van der Waals surface area contributed by atoms with Gasteiger partial charge in [-0.1, -0.05) is 18.0 Å². The first kappa shape index (κ1) is 15.2. The van der Waals surface area contributed by atoms with Crippen LogP contribution in [0.5, 0.6) is 0 Å². The molecule has 5 nitrogen and oxygen atoms in total. The van der Waals surface area contributed by atoms with E-state index in [1.165, 1.54) is 12.5 Å². The number of hydrogen-bond acceptors (Lipinski definition) is 4. The van der Waals surface area contributed by atoms with Crippen molar-refractivity contribution in [3.05, 3.63) is 38.9 Å². The monoisotopic (exact) mass is 298 g/mol. The van der Waals surface area contributed by atoms with E-state index in [0.29, 0.717) is 29.6 Å². The summed E-state index contributed by atoms with van der Waals surface area (Å²) in [5, 5.41) is 20.6. The van der Waals surface area contributed by atoms with E-state index in [9.17, 15) is 10.1 Å². The number of aliphatic hydroxyl groups excluding tert-OH is 1. The van der Waals surface area contributed by atoms with Crippen LogP contribution in [-0.2, 0) is 6.54 Å². The lowest BCUT2D eigenvalue weighted by atomic mass is 9.91. The molecule has 0 heterocycles. The molecule has 1 fully saturated rings. The highest BCUT2D eigenvalue weighted by atomic mass is 35.5. The third-order valence-corrected chi connectivity index (χ3v) is 4.04. The average Bonchev–Trinajstić information content (AvgIpc) is 2.33. The Morgan fingerprint density at radius 1 is 1.45 bits per heavy atom. The molecule has 1 N–H and O–H groups in total. The van der Waals surface area contributed by atoms with Crippen molar-refractivity contribution >= 4 is 17.3 Å². The summed E-state index contributed by atoms with van der Waals surface area (Å²) in [7, 11) is 0. The van der Waals surface area contributed by atoms with Crippen LogP contribution >= 0.6 is 11.6 Å². The smallest absolute Gasteiger partial charge is 0.273 e. The predicted molar refractivity (Wildman–Crippen MR) is 77.9 cm³/mol. The molecule has 0 saturated heterocycles. The fourth-order valence-corrected chi connectivity index (χ4v) is 2.69. The molecule has 1 aliphatic rings. The SMILES string of the molecule is O=[N+]([O-])c1ccc(Cl)cc1CN(CCCO)C1CCC1. The van der Waals surface area contributed by atoms with Gasteiger partial charge in [-0.3, -0.25) is 15.0 Å². The lowest BCUT2D eigenvalue weighted by Gasteiger charge is -2.37. The minimum absolute atomic E-state index is 0.114. The third kappa shape index (κ3) is 3.69. The molecule has 0 aliphatic heterocycles. The van der Waals surface area contributed by atoms with Crippen LogP contribution in [0.3, 0.4) is 0 Å². The maximum Gasteiger partial charge on any atom is 0.273 e. The first-order valence-corrected chi connectivity index (χ1v) is 7.27. The first-order valence-electron chi connectivity index (χ1n) is 6.89. The zero-order valence-electron chi connectivity index (χ0n) is 11.3. The predicted octanol–water partition coefficient (Wildman–Crippen LogP) is 2.99. The van der Waals surface area contributed by atoms with E-state index >= 15 is 0 Å². The molecule has 1 aromatic carbocycles. The van der Waals surface area contributed by atoms with Crippen LogP contribution in [-0.4, -0.2) is 34.1 Å². The van der Waals surface area contributed by atoms with Crippen molar-refractivity contribution < 1.29 is 10.0 Å². The summed E-state index contributed by atoms with van der Waals surface area (Å²) >= 11 is 5.96. The summed E-state index contributed by atoms with van der Waals surface area (Å²) in [4.78, 5) is 12.9. The number of aliphatic hydroxyl groups is 1. The average molecular weight is 299 g/mol. The summed E-state index contributed by atoms with van der Waals surface area (Å²) in [5.74, 6) is 0. The van der Waals surface area contributed by atoms with Crippen LogP contribution in [0, 0.1) is 10.1 Å². The fourth-order valence-electron chi connectivity index (χ4n) is 2.49. The topological polar surface area (TPSA) is 66.6 Å². The van der Waals surface area contributed by atoms with Crippen molar-refractivity contribution in [1.82, 2.24) is 4.90 Å². The Bertz CT molecular complexity index is 477. The molecule has 1 aliphatic carbocycles. The molecule has 0 aromatic heterocycles. The van der Waals surface area contributed by atoms with Crippen LogP contribution in [0.2, 0.25) is 5.02 Å². The van der Waals surface area contributed by atoms with Crippen molar-refractivity contribution in [2.45, 2.75) is 38.3 Å². The maximum atomic E-state index is 11.1. The second-order valence-corrected chi connectivity index (χ2v) is 5.60. The van der Waals surface area contributed by atoms with Crippen molar-refractivity contribution in [3.8, 4) is 0 Å². The van der Waals surface area contributed by atoms with Crippen LogP contribution in [0.25, 0.3) is 0 Å². The minimum atomic E-state index is -0.364. The van der Waals surface area contributed by atoms with Gasteiger partial charge < -0.3 is 5.11 Å². The summed E-state index contributed by atoms with van der Waals surface area (Å²) in [6.45, 7) is 1.41. The molecule has 0 radical (unpaired) electrons. The van der Waals surface area contributed by atoms with Crippen LogP contribution < -0.4 is 0 Å². The Hall–Kier alpha value is -1.17. The molecule has 6 heteroatoms. The number of hydrogen-bond donors (Lipinski definition) is 1. The molecule has 110 valence electrons. The second-order valence-electron chi connectivity index (χ2n) is 5.16. The molecule has 0 spiro atoms. The highest BCUT2D eigenvalue weighted by Crippen LogP contribution is 2.29. The normalized spacial score (nSPS) is 15.3. The highest BCUT2D eigenvalue weighted by molar-refractivity contribution is 6.30. The van der Waals surface area contributed by atoms with Crippen LogP contribution in [0.4, 0.5) is 5.69 Å². The Balaban J connectivity index is 2.16. The number of nitro benzene ring substituents is 1. The van der Waals surface area contributed by atoms with E-state index in [1.807, 2.05) is 0 Å².